The monoisotopic (exact) mass is 403 g/mol. The Morgan fingerprint density at radius 2 is 1.67 bits per heavy atom. The normalized spacial score (nSPS) is 19.1. The van der Waals surface area contributed by atoms with Gasteiger partial charge in [0, 0.05) is 6.54 Å². The zero-order valence-corrected chi connectivity index (χ0v) is 16.0. The number of hydrogen-bond acceptors (Lipinski definition) is 2. The van der Waals surface area contributed by atoms with Crippen molar-refractivity contribution >= 4 is 44.8 Å². The number of fused-ring (bicyclic) bond motifs is 1. The van der Waals surface area contributed by atoms with E-state index in [-0.39, 0.29) is 11.4 Å². The molecule has 0 aromatic heterocycles. The van der Waals surface area contributed by atoms with E-state index in [2.05, 4.69) is 0 Å². The maximum absolute atomic E-state index is 13.1. The molecule has 0 aliphatic carbocycles. The van der Waals surface area contributed by atoms with Crippen LogP contribution in [0.1, 0.15) is 22.7 Å². The smallest absolute Gasteiger partial charge is 0.207 e. The van der Waals surface area contributed by atoms with Crippen LogP contribution in [0.2, 0.25) is 0 Å². The second-order valence-corrected chi connectivity index (χ2v) is 10.1. The Morgan fingerprint density at radius 3 is 2.29 bits per heavy atom. The van der Waals surface area contributed by atoms with Gasteiger partial charge in [0.25, 0.3) is 0 Å². The van der Waals surface area contributed by atoms with Crippen LogP contribution in [0.3, 0.4) is 0 Å². The summed E-state index contributed by atoms with van der Waals surface area (Å²) in [6.07, 6.45) is 0.582. The highest BCUT2D eigenvalue weighted by Crippen LogP contribution is 2.48. The van der Waals surface area contributed by atoms with Crippen LogP contribution in [0.5, 0.6) is 0 Å². The van der Waals surface area contributed by atoms with Gasteiger partial charge in [-0.3, -0.25) is 0 Å². The third-order valence-electron chi connectivity index (χ3n) is 4.18. The number of hydrogen-bond donors (Lipinski definition) is 0. The number of rotatable bonds is 2. The Bertz CT molecular complexity index is 845. The number of alkyl halides is 3. The molecule has 2 aromatic rings. The van der Waals surface area contributed by atoms with Crippen molar-refractivity contribution in [2.24, 2.45) is 0 Å². The van der Waals surface area contributed by atoms with Gasteiger partial charge in [-0.15, -0.1) is 0 Å². The summed E-state index contributed by atoms with van der Waals surface area (Å²) in [5.74, 6) is 0. The highest BCUT2D eigenvalue weighted by Gasteiger charge is 2.46. The molecule has 1 atom stereocenters. The molecule has 24 heavy (non-hydrogen) atoms. The Hall–Kier alpha value is -0.780. The lowest BCUT2D eigenvalue weighted by Gasteiger charge is -2.39. The van der Waals surface area contributed by atoms with Gasteiger partial charge in [-0.2, -0.15) is 4.31 Å². The summed E-state index contributed by atoms with van der Waals surface area (Å²) in [5, 5.41) is 0. The molecule has 0 amide bonds. The molecule has 128 valence electrons. The number of halogens is 3. The van der Waals surface area contributed by atoms with E-state index in [1.807, 2.05) is 31.2 Å². The molecular formula is C17H16Cl3NO2S. The predicted molar refractivity (Wildman–Crippen MR) is 98.2 cm³/mol. The minimum atomic E-state index is -3.77. The summed E-state index contributed by atoms with van der Waals surface area (Å²) in [4.78, 5) is 0.201. The van der Waals surface area contributed by atoms with E-state index in [4.69, 9.17) is 34.8 Å². The fraction of sp³-hybridized carbons (Fsp3) is 0.294. The van der Waals surface area contributed by atoms with Gasteiger partial charge in [0.05, 0.1) is 10.9 Å². The molecule has 2 aromatic carbocycles. The van der Waals surface area contributed by atoms with Crippen molar-refractivity contribution in [3.8, 4) is 0 Å². The van der Waals surface area contributed by atoms with E-state index in [1.165, 1.54) is 4.31 Å². The second-order valence-electron chi connectivity index (χ2n) is 5.82. The lowest BCUT2D eigenvalue weighted by molar-refractivity contribution is 0.310. The summed E-state index contributed by atoms with van der Waals surface area (Å²) < 4.78 is 25.8. The van der Waals surface area contributed by atoms with Crippen LogP contribution in [0.25, 0.3) is 0 Å². The largest absolute Gasteiger partial charge is 0.243 e. The zero-order chi connectivity index (χ0) is 17.5. The van der Waals surface area contributed by atoms with Crippen molar-refractivity contribution in [1.82, 2.24) is 4.31 Å². The van der Waals surface area contributed by atoms with E-state index in [9.17, 15) is 8.42 Å². The molecule has 3 rings (SSSR count). The molecule has 0 radical (unpaired) electrons. The van der Waals surface area contributed by atoms with Crippen LogP contribution >= 0.6 is 34.8 Å². The van der Waals surface area contributed by atoms with Crippen molar-refractivity contribution in [2.75, 3.05) is 6.54 Å². The summed E-state index contributed by atoms with van der Waals surface area (Å²) in [5.41, 5.74) is 2.72. The molecule has 0 saturated heterocycles. The third-order valence-corrected chi connectivity index (χ3v) is 6.68. The zero-order valence-electron chi connectivity index (χ0n) is 12.9. The molecule has 3 nitrogen and oxygen atoms in total. The average Bonchev–Trinajstić information content (AvgIpc) is 2.53. The average molecular weight is 405 g/mol. The highest BCUT2D eigenvalue weighted by atomic mass is 35.6. The number of sulfonamides is 1. The first-order valence-electron chi connectivity index (χ1n) is 7.44. The Morgan fingerprint density at radius 1 is 1.04 bits per heavy atom. The van der Waals surface area contributed by atoms with E-state index in [0.29, 0.717) is 6.42 Å². The minimum Gasteiger partial charge on any atom is -0.207 e. The van der Waals surface area contributed by atoms with Crippen molar-refractivity contribution < 1.29 is 8.42 Å². The van der Waals surface area contributed by atoms with Crippen molar-refractivity contribution in [3.63, 3.8) is 0 Å². The van der Waals surface area contributed by atoms with Crippen LogP contribution in [0, 0.1) is 6.92 Å². The lowest BCUT2D eigenvalue weighted by atomic mass is 9.95. The third kappa shape index (κ3) is 3.31. The van der Waals surface area contributed by atoms with E-state index in [0.717, 1.165) is 16.7 Å². The maximum atomic E-state index is 13.1. The topological polar surface area (TPSA) is 37.4 Å². The summed E-state index contributed by atoms with van der Waals surface area (Å²) >= 11 is 18.5. The molecule has 1 heterocycles. The van der Waals surface area contributed by atoms with Gasteiger partial charge in [0.15, 0.2) is 0 Å². The molecule has 0 spiro atoms. The Labute approximate surface area is 157 Å². The molecule has 0 N–H and O–H groups in total. The number of benzene rings is 2. The van der Waals surface area contributed by atoms with Crippen LogP contribution in [0.15, 0.2) is 53.4 Å². The van der Waals surface area contributed by atoms with Crippen LogP contribution in [-0.2, 0) is 16.4 Å². The van der Waals surface area contributed by atoms with E-state index >= 15 is 0 Å². The first-order chi connectivity index (χ1) is 11.2. The van der Waals surface area contributed by atoms with Gasteiger partial charge in [0.1, 0.15) is 0 Å². The molecule has 0 saturated carbocycles. The Kier molecular flexibility index (Phi) is 4.89. The van der Waals surface area contributed by atoms with Gasteiger partial charge in [-0.05, 0) is 36.6 Å². The van der Waals surface area contributed by atoms with Gasteiger partial charge in [0.2, 0.25) is 13.8 Å². The van der Waals surface area contributed by atoms with Crippen molar-refractivity contribution in [2.45, 2.75) is 28.1 Å². The van der Waals surface area contributed by atoms with Gasteiger partial charge < -0.3 is 0 Å². The van der Waals surface area contributed by atoms with Crippen LogP contribution in [0.4, 0.5) is 0 Å². The summed E-state index contributed by atoms with van der Waals surface area (Å²) in [7, 11) is -3.77. The maximum Gasteiger partial charge on any atom is 0.243 e. The fourth-order valence-electron chi connectivity index (χ4n) is 2.99. The number of nitrogens with zero attached hydrogens (tertiary/aromatic N) is 1. The molecule has 0 bridgehead atoms. The van der Waals surface area contributed by atoms with Gasteiger partial charge in [-0.25, -0.2) is 8.42 Å². The van der Waals surface area contributed by atoms with Crippen LogP contribution in [-0.4, -0.2) is 23.1 Å². The molecule has 7 heteroatoms. The summed E-state index contributed by atoms with van der Waals surface area (Å²) in [6.45, 7) is 2.17. The highest BCUT2D eigenvalue weighted by molar-refractivity contribution is 7.89. The first-order valence-corrected chi connectivity index (χ1v) is 10.0. The predicted octanol–water partition coefficient (Wildman–Crippen LogP) is 4.65. The SMILES string of the molecule is Cc1ccc(S(=O)(=O)N2CCc3ccccc3C2C(Cl)(Cl)Cl)cc1. The number of aryl methyl sites for hydroxylation is 1. The molecule has 1 aliphatic heterocycles. The van der Waals surface area contributed by atoms with Crippen LogP contribution < -0.4 is 0 Å². The van der Waals surface area contributed by atoms with Crippen molar-refractivity contribution in [3.05, 3.63) is 65.2 Å². The van der Waals surface area contributed by atoms with Crippen molar-refractivity contribution in [1.29, 1.82) is 0 Å². The lowest BCUT2D eigenvalue weighted by Crippen LogP contribution is -2.45. The van der Waals surface area contributed by atoms with Gasteiger partial charge >= 0.3 is 0 Å². The summed E-state index contributed by atoms with van der Waals surface area (Å²) in [6, 6.07) is 13.3. The fourth-order valence-corrected chi connectivity index (χ4v) is 5.50. The first kappa shape index (κ1) is 18.0. The standard InChI is InChI=1S/C17H16Cl3NO2S/c1-12-6-8-14(9-7-12)24(22,23)21-11-10-13-4-2-3-5-15(13)16(21)17(18,19)20/h2-9,16H,10-11H2,1H3. The second kappa shape index (κ2) is 6.50. The Balaban J connectivity index is 2.11. The van der Waals surface area contributed by atoms with Gasteiger partial charge in [-0.1, -0.05) is 76.8 Å². The molecule has 1 unspecified atom stereocenters. The van der Waals surface area contributed by atoms with E-state index in [1.54, 1.807) is 24.3 Å². The minimum absolute atomic E-state index is 0.201. The molecule has 1 aliphatic rings. The molecular weight excluding hydrogens is 389 g/mol. The quantitative estimate of drug-likeness (QED) is 0.683. The van der Waals surface area contributed by atoms with E-state index < -0.39 is 19.9 Å². The molecule has 0 fully saturated rings.